The molecule has 0 saturated heterocycles. The Balaban J connectivity index is 1.62. The maximum Gasteiger partial charge on any atom is 0.137 e. The molecule has 1 fully saturated rings. The molecule has 104 valence electrons. The average molecular weight is 336 g/mol. The molecule has 2 aromatic rings. The minimum Gasteiger partial charge on any atom is -0.457 e. The van der Waals surface area contributed by atoms with Crippen LogP contribution in [0, 0.1) is 5.82 Å². The van der Waals surface area contributed by atoms with E-state index in [1.54, 1.807) is 12.1 Å². The predicted octanol–water partition coefficient (Wildman–Crippen LogP) is 4.63. The average Bonchev–Trinajstić information content (AvgIpc) is 3.26. The molecule has 4 heteroatoms. The Morgan fingerprint density at radius 1 is 1.10 bits per heavy atom. The van der Waals surface area contributed by atoms with Gasteiger partial charge < -0.3 is 10.1 Å². The topological polar surface area (TPSA) is 21.3 Å². The molecule has 0 atom stereocenters. The maximum absolute atomic E-state index is 13.1. The summed E-state index contributed by atoms with van der Waals surface area (Å²) in [7, 11) is 0. The summed E-state index contributed by atoms with van der Waals surface area (Å²) in [5.74, 6) is 1.07. The van der Waals surface area contributed by atoms with E-state index in [1.165, 1.54) is 24.5 Å². The van der Waals surface area contributed by atoms with E-state index in [4.69, 9.17) is 4.74 Å². The van der Waals surface area contributed by atoms with Crippen LogP contribution in [0.2, 0.25) is 0 Å². The molecule has 1 aliphatic rings. The van der Waals surface area contributed by atoms with Crippen LogP contribution in [-0.2, 0) is 6.54 Å². The molecule has 0 radical (unpaired) electrons. The van der Waals surface area contributed by atoms with Crippen LogP contribution in [0.1, 0.15) is 18.4 Å². The molecule has 0 heterocycles. The van der Waals surface area contributed by atoms with Gasteiger partial charge in [0, 0.05) is 12.6 Å². The SMILES string of the molecule is Fc1ccc(Oc2ccc(CNC3CC3)cc2)cc1Br. The first kappa shape index (κ1) is 13.6. The Morgan fingerprint density at radius 3 is 2.45 bits per heavy atom. The first-order valence-corrected chi connectivity index (χ1v) is 7.45. The molecule has 0 bridgehead atoms. The monoisotopic (exact) mass is 335 g/mol. The standard InChI is InChI=1S/C16H15BrFNO/c17-15-9-14(7-8-16(15)18)20-13-5-1-11(2-6-13)10-19-12-3-4-12/h1-2,5-9,12,19H,3-4,10H2. The van der Waals surface area contributed by atoms with Crippen molar-refractivity contribution in [1.82, 2.24) is 5.32 Å². The number of rotatable bonds is 5. The third kappa shape index (κ3) is 3.58. The van der Waals surface area contributed by atoms with E-state index in [0.717, 1.165) is 12.3 Å². The first-order valence-electron chi connectivity index (χ1n) is 6.66. The molecular weight excluding hydrogens is 321 g/mol. The summed E-state index contributed by atoms with van der Waals surface area (Å²) in [4.78, 5) is 0. The van der Waals surface area contributed by atoms with Gasteiger partial charge in [-0.05, 0) is 64.7 Å². The zero-order chi connectivity index (χ0) is 13.9. The molecular formula is C16H15BrFNO. The normalized spacial score (nSPS) is 14.3. The van der Waals surface area contributed by atoms with Crippen LogP contribution in [0.5, 0.6) is 11.5 Å². The van der Waals surface area contributed by atoms with Crippen LogP contribution in [0.3, 0.4) is 0 Å². The fourth-order valence-corrected chi connectivity index (χ4v) is 2.26. The largest absolute Gasteiger partial charge is 0.457 e. The fourth-order valence-electron chi connectivity index (χ4n) is 1.90. The van der Waals surface area contributed by atoms with Crippen molar-refractivity contribution in [1.29, 1.82) is 0 Å². The second kappa shape index (κ2) is 5.94. The zero-order valence-electron chi connectivity index (χ0n) is 10.9. The number of ether oxygens (including phenoxy) is 1. The van der Waals surface area contributed by atoms with Crippen molar-refractivity contribution in [2.24, 2.45) is 0 Å². The summed E-state index contributed by atoms with van der Waals surface area (Å²) in [6.07, 6.45) is 2.58. The minimum atomic E-state index is -0.293. The van der Waals surface area contributed by atoms with Crippen molar-refractivity contribution >= 4 is 15.9 Å². The van der Waals surface area contributed by atoms with Gasteiger partial charge in [0.1, 0.15) is 17.3 Å². The van der Waals surface area contributed by atoms with E-state index in [2.05, 4.69) is 21.2 Å². The van der Waals surface area contributed by atoms with E-state index in [1.807, 2.05) is 24.3 Å². The van der Waals surface area contributed by atoms with Crippen LogP contribution in [0.4, 0.5) is 4.39 Å². The lowest BCUT2D eigenvalue weighted by Crippen LogP contribution is -2.14. The minimum absolute atomic E-state index is 0.293. The van der Waals surface area contributed by atoms with Crippen molar-refractivity contribution in [2.75, 3.05) is 0 Å². The Labute approximate surface area is 126 Å². The van der Waals surface area contributed by atoms with Crippen LogP contribution >= 0.6 is 15.9 Å². The van der Waals surface area contributed by atoms with Gasteiger partial charge in [0.25, 0.3) is 0 Å². The highest BCUT2D eigenvalue weighted by Crippen LogP contribution is 2.26. The van der Waals surface area contributed by atoms with E-state index in [-0.39, 0.29) is 5.82 Å². The molecule has 0 spiro atoms. The third-order valence-corrected chi connectivity index (χ3v) is 3.83. The van der Waals surface area contributed by atoms with Gasteiger partial charge in [0.15, 0.2) is 0 Å². The molecule has 20 heavy (non-hydrogen) atoms. The lowest BCUT2D eigenvalue weighted by molar-refractivity contribution is 0.479. The predicted molar refractivity (Wildman–Crippen MR) is 80.5 cm³/mol. The quantitative estimate of drug-likeness (QED) is 0.859. The summed E-state index contributed by atoms with van der Waals surface area (Å²) in [6.45, 7) is 0.896. The second-order valence-corrected chi connectivity index (χ2v) is 5.83. The molecule has 3 rings (SSSR count). The Kier molecular flexibility index (Phi) is 4.03. The highest BCUT2D eigenvalue weighted by molar-refractivity contribution is 9.10. The molecule has 0 aliphatic heterocycles. The van der Waals surface area contributed by atoms with E-state index in [9.17, 15) is 4.39 Å². The number of halogens is 2. The smallest absolute Gasteiger partial charge is 0.137 e. The number of hydrogen-bond donors (Lipinski definition) is 1. The third-order valence-electron chi connectivity index (χ3n) is 3.22. The molecule has 2 nitrogen and oxygen atoms in total. The van der Waals surface area contributed by atoms with Gasteiger partial charge in [-0.3, -0.25) is 0 Å². The molecule has 1 saturated carbocycles. The molecule has 1 N–H and O–H groups in total. The van der Waals surface area contributed by atoms with Crippen molar-refractivity contribution in [3.63, 3.8) is 0 Å². The maximum atomic E-state index is 13.1. The van der Waals surface area contributed by atoms with Crippen LogP contribution in [0.25, 0.3) is 0 Å². The summed E-state index contributed by atoms with van der Waals surface area (Å²) in [6, 6.07) is 13.3. The fraction of sp³-hybridized carbons (Fsp3) is 0.250. The second-order valence-electron chi connectivity index (χ2n) is 4.98. The summed E-state index contributed by atoms with van der Waals surface area (Å²) in [5.41, 5.74) is 1.24. The van der Waals surface area contributed by atoms with Crippen LogP contribution in [0.15, 0.2) is 46.9 Å². The van der Waals surface area contributed by atoms with E-state index in [0.29, 0.717) is 16.3 Å². The molecule has 0 amide bonds. The van der Waals surface area contributed by atoms with E-state index >= 15 is 0 Å². The van der Waals surface area contributed by atoms with Crippen LogP contribution < -0.4 is 10.1 Å². The summed E-state index contributed by atoms with van der Waals surface area (Å²) in [5, 5.41) is 3.47. The van der Waals surface area contributed by atoms with Gasteiger partial charge in [0.05, 0.1) is 4.47 Å². The van der Waals surface area contributed by atoms with Crippen molar-refractivity contribution in [3.05, 3.63) is 58.3 Å². The molecule has 0 aromatic heterocycles. The van der Waals surface area contributed by atoms with Gasteiger partial charge in [-0.2, -0.15) is 0 Å². The molecule has 0 unspecified atom stereocenters. The number of benzene rings is 2. The lowest BCUT2D eigenvalue weighted by Gasteiger charge is -2.08. The van der Waals surface area contributed by atoms with Crippen LogP contribution in [-0.4, -0.2) is 6.04 Å². The van der Waals surface area contributed by atoms with E-state index < -0.39 is 0 Å². The zero-order valence-corrected chi connectivity index (χ0v) is 12.5. The lowest BCUT2D eigenvalue weighted by atomic mass is 10.2. The number of nitrogens with one attached hydrogen (secondary N) is 1. The summed E-state index contributed by atoms with van der Waals surface area (Å²) < 4.78 is 19.2. The van der Waals surface area contributed by atoms with Gasteiger partial charge in [-0.15, -0.1) is 0 Å². The van der Waals surface area contributed by atoms with Gasteiger partial charge in [0.2, 0.25) is 0 Å². The Hall–Kier alpha value is -1.39. The molecule has 1 aliphatic carbocycles. The molecule has 2 aromatic carbocycles. The van der Waals surface area contributed by atoms with Gasteiger partial charge in [-0.25, -0.2) is 4.39 Å². The van der Waals surface area contributed by atoms with Crippen molar-refractivity contribution < 1.29 is 9.13 Å². The van der Waals surface area contributed by atoms with Gasteiger partial charge in [-0.1, -0.05) is 12.1 Å². The highest BCUT2D eigenvalue weighted by atomic mass is 79.9. The van der Waals surface area contributed by atoms with Crippen molar-refractivity contribution in [2.45, 2.75) is 25.4 Å². The van der Waals surface area contributed by atoms with Crippen molar-refractivity contribution in [3.8, 4) is 11.5 Å². The highest BCUT2D eigenvalue weighted by Gasteiger charge is 2.19. The van der Waals surface area contributed by atoms with Gasteiger partial charge >= 0.3 is 0 Å². The summed E-state index contributed by atoms with van der Waals surface area (Å²) >= 11 is 3.15. The number of hydrogen-bond acceptors (Lipinski definition) is 2. The first-order chi connectivity index (χ1) is 9.70. The Morgan fingerprint density at radius 2 is 1.80 bits per heavy atom. The Bertz CT molecular complexity index is 596.